The maximum atomic E-state index is 12.1. The lowest BCUT2D eigenvalue weighted by molar-refractivity contribution is -0.133. The second-order valence-corrected chi connectivity index (χ2v) is 5.64. The Morgan fingerprint density at radius 1 is 1.43 bits per heavy atom. The van der Waals surface area contributed by atoms with E-state index >= 15 is 0 Å². The molecule has 0 spiro atoms. The summed E-state index contributed by atoms with van der Waals surface area (Å²) in [5.41, 5.74) is 0.967. The van der Waals surface area contributed by atoms with E-state index in [1.807, 2.05) is 19.2 Å². The fourth-order valence-corrected chi connectivity index (χ4v) is 2.37. The van der Waals surface area contributed by atoms with Gasteiger partial charge in [0.1, 0.15) is 0 Å². The smallest absolute Gasteiger partial charge is 0.226 e. The van der Waals surface area contributed by atoms with Crippen LogP contribution in [-0.4, -0.2) is 35.3 Å². The van der Waals surface area contributed by atoms with E-state index in [4.69, 9.17) is 0 Å². The molecule has 0 aromatic carbocycles. The first-order valence-electron chi connectivity index (χ1n) is 7.55. The number of unbranched alkanes of at least 4 members (excludes halogenated alkanes) is 1. The first-order chi connectivity index (χ1) is 10.1. The highest BCUT2D eigenvalue weighted by Gasteiger charge is 2.48. The van der Waals surface area contributed by atoms with Crippen LogP contribution in [0.5, 0.6) is 0 Å². The van der Waals surface area contributed by atoms with Gasteiger partial charge in [-0.3, -0.25) is 14.6 Å². The van der Waals surface area contributed by atoms with Crippen molar-refractivity contribution in [2.75, 3.05) is 13.6 Å². The summed E-state index contributed by atoms with van der Waals surface area (Å²) in [5.74, 6) is -0.204. The zero-order valence-corrected chi connectivity index (χ0v) is 12.7. The molecule has 2 atom stereocenters. The fraction of sp³-hybridized carbons (Fsp3) is 0.562. The average Bonchev–Trinajstić information content (AvgIpc) is 3.31. The third-order valence-corrected chi connectivity index (χ3v) is 3.86. The highest BCUT2D eigenvalue weighted by Crippen LogP contribution is 2.40. The van der Waals surface area contributed by atoms with Crippen LogP contribution < -0.4 is 5.32 Å². The van der Waals surface area contributed by atoms with E-state index in [0.717, 1.165) is 24.9 Å². The van der Waals surface area contributed by atoms with Gasteiger partial charge in [0.2, 0.25) is 11.8 Å². The number of hydrogen-bond acceptors (Lipinski definition) is 3. The van der Waals surface area contributed by atoms with Gasteiger partial charge in [-0.05, 0) is 24.5 Å². The van der Waals surface area contributed by atoms with Crippen LogP contribution in [0.4, 0.5) is 0 Å². The molecule has 1 saturated carbocycles. The van der Waals surface area contributed by atoms with E-state index < -0.39 is 0 Å². The molecule has 0 aliphatic heterocycles. The molecule has 2 rings (SSSR count). The highest BCUT2D eigenvalue weighted by molar-refractivity contribution is 5.92. The summed E-state index contributed by atoms with van der Waals surface area (Å²) in [6.07, 6.45) is 6.18. The van der Waals surface area contributed by atoms with Crippen LogP contribution in [0.3, 0.4) is 0 Å². The maximum absolute atomic E-state index is 12.1. The Hall–Kier alpha value is -1.91. The monoisotopic (exact) mass is 289 g/mol. The van der Waals surface area contributed by atoms with Crippen LogP contribution in [0, 0.1) is 11.8 Å². The van der Waals surface area contributed by atoms with E-state index in [-0.39, 0.29) is 23.7 Å². The molecule has 1 aromatic heterocycles. The second kappa shape index (κ2) is 7.20. The van der Waals surface area contributed by atoms with Gasteiger partial charge in [0.05, 0.1) is 11.8 Å². The number of pyridine rings is 1. The van der Waals surface area contributed by atoms with Crippen molar-refractivity contribution in [3.05, 3.63) is 30.1 Å². The first kappa shape index (κ1) is 15.5. The van der Waals surface area contributed by atoms with Crippen molar-refractivity contribution in [2.45, 2.75) is 32.7 Å². The third-order valence-electron chi connectivity index (χ3n) is 3.86. The van der Waals surface area contributed by atoms with Crippen molar-refractivity contribution < 1.29 is 9.59 Å². The SMILES string of the molecule is CCCCN(C)C(=O)C1CC1C(=O)NCc1cccnc1. The van der Waals surface area contributed by atoms with E-state index in [0.29, 0.717) is 13.0 Å². The standard InChI is InChI=1S/C16H23N3O2/c1-3-4-8-19(2)16(21)14-9-13(14)15(20)18-11-12-6-5-7-17-10-12/h5-7,10,13-14H,3-4,8-9,11H2,1-2H3,(H,18,20). The Kier molecular flexibility index (Phi) is 5.31. The highest BCUT2D eigenvalue weighted by atomic mass is 16.2. The molecule has 1 aromatic rings. The molecule has 0 bridgehead atoms. The van der Waals surface area contributed by atoms with Gasteiger partial charge >= 0.3 is 0 Å². The lowest BCUT2D eigenvalue weighted by Gasteiger charge is -2.16. The Labute approximate surface area is 125 Å². The lowest BCUT2D eigenvalue weighted by atomic mass is 10.2. The van der Waals surface area contributed by atoms with Crippen molar-refractivity contribution in [1.29, 1.82) is 0 Å². The molecule has 1 heterocycles. The molecule has 1 aliphatic rings. The minimum Gasteiger partial charge on any atom is -0.352 e. The number of hydrogen-bond donors (Lipinski definition) is 1. The summed E-state index contributed by atoms with van der Waals surface area (Å²) in [6.45, 7) is 3.34. The fourth-order valence-electron chi connectivity index (χ4n) is 2.37. The van der Waals surface area contributed by atoms with Crippen molar-refractivity contribution in [3.8, 4) is 0 Å². The topological polar surface area (TPSA) is 62.3 Å². The average molecular weight is 289 g/mol. The predicted molar refractivity (Wildman–Crippen MR) is 80.2 cm³/mol. The summed E-state index contributed by atoms with van der Waals surface area (Å²) >= 11 is 0. The Balaban J connectivity index is 1.74. The summed E-state index contributed by atoms with van der Waals surface area (Å²) in [5, 5.41) is 2.88. The first-order valence-corrected chi connectivity index (χ1v) is 7.55. The number of amides is 2. The number of carbonyl (C=O) groups is 2. The van der Waals surface area contributed by atoms with Crippen LogP contribution in [0.1, 0.15) is 31.7 Å². The van der Waals surface area contributed by atoms with Crippen molar-refractivity contribution >= 4 is 11.8 Å². The Bertz CT molecular complexity index is 490. The number of carbonyl (C=O) groups excluding carboxylic acids is 2. The van der Waals surface area contributed by atoms with E-state index in [1.54, 1.807) is 17.3 Å². The van der Waals surface area contributed by atoms with Crippen LogP contribution in [0.15, 0.2) is 24.5 Å². The molecule has 0 radical (unpaired) electrons. The molecule has 21 heavy (non-hydrogen) atoms. The predicted octanol–water partition coefficient (Wildman–Crippen LogP) is 1.59. The number of rotatable bonds is 7. The van der Waals surface area contributed by atoms with Gasteiger partial charge in [-0.15, -0.1) is 0 Å². The molecule has 5 nitrogen and oxygen atoms in total. The number of aromatic nitrogens is 1. The van der Waals surface area contributed by atoms with Crippen LogP contribution >= 0.6 is 0 Å². The molecular weight excluding hydrogens is 266 g/mol. The van der Waals surface area contributed by atoms with Crippen LogP contribution in [0.25, 0.3) is 0 Å². The molecule has 1 fully saturated rings. The van der Waals surface area contributed by atoms with Crippen molar-refractivity contribution in [1.82, 2.24) is 15.2 Å². The molecule has 2 amide bonds. The Morgan fingerprint density at radius 2 is 2.24 bits per heavy atom. The van der Waals surface area contributed by atoms with Gasteiger partial charge in [-0.1, -0.05) is 19.4 Å². The van der Waals surface area contributed by atoms with Gasteiger partial charge in [-0.25, -0.2) is 0 Å². The summed E-state index contributed by atoms with van der Waals surface area (Å²) < 4.78 is 0. The summed E-state index contributed by atoms with van der Waals surface area (Å²) in [7, 11) is 1.82. The zero-order chi connectivity index (χ0) is 15.2. The minimum absolute atomic E-state index is 0.0268. The summed E-state index contributed by atoms with van der Waals surface area (Å²) in [4.78, 5) is 29.9. The second-order valence-electron chi connectivity index (χ2n) is 5.64. The van der Waals surface area contributed by atoms with E-state index in [9.17, 15) is 9.59 Å². The van der Waals surface area contributed by atoms with Crippen molar-refractivity contribution in [3.63, 3.8) is 0 Å². The van der Waals surface area contributed by atoms with Crippen molar-refractivity contribution in [2.24, 2.45) is 11.8 Å². The molecule has 0 saturated heterocycles. The van der Waals surface area contributed by atoms with Gasteiger partial charge in [0.15, 0.2) is 0 Å². The van der Waals surface area contributed by atoms with Gasteiger partial charge < -0.3 is 10.2 Å². The molecule has 2 unspecified atom stereocenters. The molecule has 114 valence electrons. The lowest BCUT2D eigenvalue weighted by Crippen LogP contribution is -2.32. The molecular formula is C16H23N3O2. The number of nitrogens with one attached hydrogen (secondary N) is 1. The van der Waals surface area contributed by atoms with Gasteiger partial charge in [-0.2, -0.15) is 0 Å². The summed E-state index contributed by atoms with van der Waals surface area (Å²) in [6, 6.07) is 3.76. The van der Waals surface area contributed by atoms with Gasteiger partial charge in [0, 0.05) is 32.5 Å². The normalized spacial score (nSPS) is 19.9. The van der Waals surface area contributed by atoms with Crippen LogP contribution in [0.2, 0.25) is 0 Å². The largest absolute Gasteiger partial charge is 0.352 e. The quantitative estimate of drug-likeness (QED) is 0.829. The number of nitrogens with zero attached hydrogens (tertiary/aromatic N) is 2. The Morgan fingerprint density at radius 3 is 2.90 bits per heavy atom. The van der Waals surface area contributed by atoms with E-state index in [2.05, 4.69) is 17.2 Å². The molecule has 1 aliphatic carbocycles. The minimum atomic E-state index is -0.154. The van der Waals surface area contributed by atoms with Crippen LogP contribution in [-0.2, 0) is 16.1 Å². The maximum Gasteiger partial charge on any atom is 0.226 e. The van der Waals surface area contributed by atoms with Gasteiger partial charge in [0.25, 0.3) is 0 Å². The van der Waals surface area contributed by atoms with E-state index in [1.165, 1.54) is 0 Å². The zero-order valence-electron chi connectivity index (χ0n) is 12.7. The molecule has 1 N–H and O–H groups in total. The third kappa shape index (κ3) is 4.28. The molecule has 5 heteroatoms.